The number of nitrogens with zero attached hydrogens (tertiary/aromatic N) is 1. The zero-order chi connectivity index (χ0) is 17.9. The molecule has 0 atom stereocenters. The minimum Gasteiger partial charge on any atom is -0.322 e. The summed E-state index contributed by atoms with van der Waals surface area (Å²) >= 11 is 0. The summed E-state index contributed by atoms with van der Waals surface area (Å²) in [6.45, 7) is 0. The number of alkyl halides is 3. The highest BCUT2D eigenvalue weighted by Crippen LogP contribution is 2.32. The normalized spacial score (nSPS) is 11.2. The molecule has 126 valence electrons. The number of benzene rings is 2. The molecular formula is C19H13F3N2O. The summed E-state index contributed by atoms with van der Waals surface area (Å²) in [7, 11) is 0. The van der Waals surface area contributed by atoms with Crippen LogP contribution in [-0.2, 0) is 6.18 Å². The third-order valence-electron chi connectivity index (χ3n) is 3.56. The Morgan fingerprint density at radius 2 is 1.64 bits per heavy atom. The van der Waals surface area contributed by atoms with Crippen LogP contribution in [-0.4, -0.2) is 10.9 Å². The molecule has 2 aromatic carbocycles. The standard InChI is InChI=1S/C19H13F3N2O/c20-19(21,22)16-6-4-5-13(10-16)14-9-15(12-23-11-14)18(25)24-17-7-2-1-3-8-17/h1-12H,(H,24,25). The zero-order valence-electron chi connectivity index (χ0n) is 12.9. The van der Waals surface area contributed by atoms with E-state index < -0.39 is 11.7 Å². The van der Waals surface area contributed by atoms with Crippen LogP contribution in [0.3, 0.4) is 0 Å². The molecule has 3 nitrogen and oxygen atoms in total. The van der Waals surface area contributed by atoms with E-state index in [1.54, 1.807) is 30.3 Å². The summed E-state index contributed by atoms with van der Waals surface area (Å²) in [5.41, 5.74) is 0.920. The Morgan fingerprint density at radius 3 is 2.36 bits per heavy atom. The Kier molecular flexibility index (Phi) is 4.52. The molecule has 0 radical (unpaired) electrons. The first kappa shape index (κ1) is 16.7. The van der Waals surface area contributed by atoms with Gasteiger partial charge in [-0.05, 0) is 35.9 Å². The molecule has 25 heavy (non-hydrogen) atoms. The molecule has 0 fully saturated rings. The molecule has 1 amide bonds. The fraction of sp³-hybridized carbons (Fsp3) is 0.0526. The van der Waals surface area contributed by atoms with Crippen LogP contribution in [0.4, 0.5) is 18.9 Å². The molecule has 0 aliphatic rings. The number of carbonyl (C=O) groups is 1. The molecule has 1 N–H and O–H groups in total. The lowest BCUT2D eigenvalue weighted by Gasteiger charge is -2.10. The van der Waals surface area contributed by atoms with Gasteiger partial charge in [0.15, 0.2) is 0 Å². The second kappa shape index (κ2) is 6.76. The van der Waals surface area contributed by atoms with Gasteiger partial charge in [-0.3, -0.25) is 9.78 Å². The van der Waals surface area contributed by atoms with Crippen LogP contribution in [0.1, 0.15) is 15.9 Å². The molecule has 0 unspecified atom stereocenters. The number of rotatable bonds is 3. The summed E-state index contributed by atoms with van der Waals surface area (Å²) in [5, 5.41) is 2.71. The smallest absolute Gasteiger partial charge is 0.322 e. The van der Waals surface area contributed by atoms with E-state index in [-0.39, 0.29) is 11.5 Å². The van der Waals surface area contributed by atoms with Gasteiger partial charge >= 0.3 is 6.18 Å². The van der Waals surface area contributed by atoms with Gasteiger partial charge in [0.05, 0.1) is 11.1 Å². The fourth-order valence-corrected chi connectivity index (χ4v) is 2.32. The summed E-state index contributed by atoms with van der Waals surface area (Å²) < 4.78 is 38.6. The SMILES string of the molecule is O=C(Nc1ccccc1)c1cncc(-c2cccc(C(F)(F)F)c2)c1. The van der Waals surface area contributed by atoms with Crippen molar-refractivity contribution in [2.45, 2.75) is 6.18 Å². The Balaban J connectivity index is 1.88. The Hall–Kier alpha value is -3.15. The summed E-state index contributed by atoms with van der Waals surface area (Å²) in [4.78, 5) is 16.3. The van der Waals surface area contributed by atoms with E-state index in [1.807, 2.05) is 6.07 Å². The molecule has 0 aliphatic heterocycles. The number of aromatic nitrogens is 1. The molecule has 0 bridgehead atoms. The largest absolute Gasteiger partial charge is 0.416 e. The van der Waals surface area contributed by atoms with E-state index in [9.17, 15) is 18.0 Å². The number of pyridine rings is 1. The van der Waals surface area contributed by atoms with Gasteiger partial charge in [-0.15, -0.1) is 0 Å². The lowest BCUT2D eigenvalue weighted by atomic mass is 10.0. The van der Waals surface area contributed by atoms with E-state index in [0.29, 0.717) is 16.8 Å². The van der Waals surface area contributed by atoms with Crippen LogP contribution in [0.2, 0.25) is 0 Å². The molecule has 0 aliphatic carbocycles. The van der Waals surface area contributed by atoms with Crippen molar-refractivity contribution < 1.29 is 18.0 Å². The number of hydrogen-bond acceptors (Lipinski definition) is 2. The van der Waals surface area contributed by atoms with Crippen molar-refractivity contribution >= 4 is 11.6 Å². The van der Waals surface area contributed by atoms with Gasteiger partial charge in [-0.2, -0.15) is 13.2 Å². The predicted molar refractivity (Wildman–Crippen MR) is 89.1 cm³/mol. The number of carbonyl (C=O) groups excluding carboxylic acids is 1. The van der Waals surface area contributed by atoms with Crippen molar-refractivity contribution in [1.82, 2.24) is 4.98 Å². The van der Waals surface area contributed by atoms with Crippen LogP contribution in [0.25, 0.3) is 11.1 Å². The monoisotopic (exact) mass is 342 g/mol. The lowest BCUT2D eigenvalue weighted by Crippen LogP contribution is -2.12. The minimum absolute atomic E-state index is 0.263. The Labute approximate surface area is 142 Å². The van der Waals surface area contributed by atoms with Gasteiger partial charge in [0, 0.05) is 23.6 Å². The summed E-state index contributed by atoms with van der Waals surface area (Å²) in [6, 6.07) is 15.3. The highest BCUT2D eigenvalue weighted by molar-refractivity contribution is 6.04. The second-order valence-corrected chi connectivity index (χ2v) is 5.36. The van der Waals surface area contributed by atoms with Crippen LogP contribution < -0.4 is 5.32 Å². The number of anilines is 1. The van der Waals surface area contributed by atoms with Gasteiger partial charge in [0.1, 0.15) is 0 Å². The van der Waals surface area contributed by atoms with E-state index in [1.165, 1.54) is 24.5 Å². The van der Waals surface area contributed by atoms with E-state index in [2.05, 4.69) is 10.3 Å². The number of halogens is 3. The maximum absolute atomic E-state index is 12.9. The maximum atomic E-state index is 12.9. The molecule has 6 heteroatoms. The van der Waals surface area contributed by atoms with Crippen molar-refractivity contribution in [3.63, 3.8) is 0 Å². The quantitative estimate of drug-likeness (QED) is 0.726. The van der Waals surface area contributed by atoms with Crippen molar-refractivity contribution in [3.05, 3.63) is 84.2 Å². The van der Waals surface area contributed by atoms with Crippen LogP contribution in [0, 0.1) is 0 Å². The molecule has 3 rings (SSSR count). The van der Waals surface area contributed by atoms with Crippen molar-refractivity contribution in [3.8, 4) is 11.1 Å². The average Bonchev–Trinajstić information content (AvgIpc) is 2.62. The highest BCUT2D eigenvalue weighted by atomic mass is 19.4. The van der Waals surface area contributed by atoms with Gasteiger partial charge in [-0.25, -0.2) is 0 Å². The zero-order valence-corrected chi connectivity index (χ0v) is 12.9. The lowest BCUT2D eigenvalue weighted by molar-refractivity contribution is -0.137. The second-order valence-electron chi connectivity index (χ2n) is 5.36. The van der Waals surface area contributed by atoms with Crippen molar-refractivity contribution in [2.24, 2.45) is 0 Å². The number of hydrogen-bond donors (Lipinski definition) is 1. The van der Waals surface area contributed by atoms with Crippen LogP contribution in [0.5, 0.6) is 0 Å². The fourth-order valence-electron chi connectivity index (χ4n) is 2.32. The molecule has 0 spiro atoms. The first-order valence-corrected chi connectivity index (χ1v) is 7.42. The first-order valence-electron chi connectivity index (χ1n) is 7.42. The van der Waals surface area contributed by atoms with E-state index in [0.717, 1.165) is 12.1 Å². The Morgan fingerprint density at radius 1 is 0.880 bits per heavy atom. The molecule has 1 aromatic heterocycles. The van der Waals surface area contributed by atoms with Crippen LogP contribution in [0.15, 0.2) is 73.1 Å². The summed E-state index contributed by atoms with van der Waals surface area (Å²) in [6.07, 6.45) is -1.63. The Bertz CT molecular complexity index is 892. The topological polar surface area (TPSA) is 42.0 Å². The number of amides is 1. The third kappa shape index (κ3) is 4.03. The van der Waals surface area contributed by atoms with Gasteiger partial charge in [-0.1, -0.05) is 30.3 Å². The molecule has 0 saturated carbocycles. The number of para-hydroxylation sites is 1. The van der Waals surface area contributed by atoms with Gasteiger partial charge < -0.3 is 5.32 Å². The molecule has 0 saturated heterocycles. The highest BCUT2D eigenvalue weighted by Gasteiger charge is 2.30. The first-order chi connectivity index (χ1) is 11.9. The maximum Gasteiger partial charge on any atom is 0.416 e. The van der Waals surface area contributed by atoms with E-state index >= 15 is 0 Å². The molecule has 3 aromatic rings. The molecule has 1 heterocycles. The van der Waals surface area contributed by atoms with Crippen molar-refractivity contribution in [1.29, 1.82) is 0 Å². The van der Waals surface area contributed by atoms with E-state index in [4.69, 9.17) is 0 Å². The minimum atomic E-state index is -4.42. The van der Waals surface area contributed by atoms with Crippen molar-refractivity contribution in [2.75, 3.05) is 5.32 Å². The van der Waals surface area contributed by atoms with Crippen LogP contribution >= 0.6 is 0 Å². The predicted octanol–water partition coefficient (Wildman–Crippen LogP) is 5.02. The van der Waals surface area contributed by atoms with Gasteiger partial charge in [0.25, 0.3) is 5.91 Å². The summed E-state index contributed by atoms with van der Waals surface area (Å²) in [5.74, 6) is -0.382. The average molecular weight is 342 g/mol. The van der Waals surface area contributed by atoms with Gasteiger partial charge in [0.2, 0.25) is 0 Å². The number of nitrogens with one attached hydrogen (secondary N) is 1. The third-order valence-corrected chi connectivity index (χ3v) is 3.56. The molecular weight excluding hydrogens is 329 g/mol.